The van der Waals surface area contributed by atoms with Gasteiger partial charge in [0.25, 0.3) is 0 Å². The topological polar surface area (TPSA) is 70.6 Å². The van der Waals surface area contributed by atoms with E-state index in [1.54, 1.807) is 18.3 Å². The fourth-order valence-corrected chi connectivity index (χ4v) is 3.46. The molecule has 1 aliphatic heterocycles. The fraction of sp³-hybridized carbons (Fsp3) is 0.625. The van der Waals surface area contributed by atoms with Crippen LogP contribution in [-0.2, 0) is 21.4 Å². The number of amides is 1. The van der Waals surface area contributed by atoms with Crippen molar-refractivity contribution in [1.29, 1.82) is 0 Å². The van der Waals surface area contributed by atoms with E-state index in [0.29, 0.717) is 11.6 Å². The molecule has 0 aliphatic carbocycles. The van der Waals surface area contributed by atoms with Crippen molar-refractivity contribution in [2.45, 2.75) is 32.7 Å². The predicted octanol–water partition coefficient (Wildman–Crippen LogP) is 1.49. The number of carbonyl (C=O) groups is 1. The summed E-state index contributed by atoms with van der Waals surface area (Å²) in [5, 5.41) is 0. The molecule has 1 aliphatic rings. The molecule has 0 saturated carbocycles. The number of hydrogen-bond acceptors (Lipinski definition) is 4. The van der Waals surface area contributed by atoms with Crippen LogP contribution in [0.2, 0.25) is 0 Å². The molecule has 6 nitrogen and oxygen atoms in total. The summed E-state index contributed by atoms with van der Waals surface area (Å²) in [5.74, 6) is 0.697. The lowest BCUT2D eigenvalue weighted by atomic mass is 9.99. The first-order valence-corrected chi connectivity index (χ1v) is 9.84. The van der Waals surface area contributed by atoms with Gasteiger partial charge in [0.05, 0.1) is 18.5 Å². The number of likely N-dealkylation sites (tertiary alicyclic amines) is 1. The molecule has 23 heavy (non-hydrogen) atoms. The van der Waals surface area contributed by atoms with E-state index in [-0.39, 0.29) is 25.4 Å². The van der Waals surface area contributed by atoms with Gasteiger partial charge in [0.1, 0.15) is 0 Å². The number of pyridine rings is 1. The lowest BCUT2D eigenvalue weighted by molar-refractivity contribution is -0.132. The van der Waals surface area contributed by atoms with E-state index >= 15 is 0 Å². The third kappa shape index (κ3) is 5.58. The predicted molar refractivity (Wildman–Crippen MR) is 89.1 cm³/mol. The molecule has 1 aromatic rings. The summed E-state index contributed by atoms with van der Waals surface area (Å²) >= 11 is 0. The molecule has 1 saturated heterocycles. The largest absolute Gasteiger partial charge is 0.343 e. The Kier molecular flexibility index (Phi) is 6.12. The fourth-order valence-electron chi connectivity index (χ4n) is 2.67. The number of aromatic nitrogens is 1. The summed E-state index contributed by atoms with van der Waals surface area (Å²) in [6.07, 6.45) is 5.07. The van der Waals surface area contributed by atoms with Crippen molar-refractivity contribution >= 4 is 15.9 Å². The third-order valence-corrected chi connectivity index (χ3v) is 5.49. The molecule has 0 spiro atoms. The van der Waals surface area contributed by atoms with Crippen LogP contribution in [0.3, 0.4) is 0 Å². The zero-order chi connectivity index (χ0) is 16.9. The van der Waals surface area contributed by atoms with Crippen molar-refractivity contribution in [3.63, 3.8) is 0 Å². The zero-order valence-corrected chi connectivity index (χ0v) is 14.6. The third-order valence-electron chi connectivity index (χ3n) is 4.24. The second-order valence-corrected chi connectivity index (χ2v) is 8.21. The van der Waals surface area contributed by atoms with E-state index in [4.69, 9.17) is 0 Å². The van der Waals surface area contributed by atoms with Crippen LogP contribution < -0.4 is 0 Å². The van der Waals surface area contributed by atoms with Crippen molar-refractivity contribution < 1.29 is 13.2 Å². The Labute approximate surface area is 138 Å². The molecule has 1 fully saturated rings. The molecule has 0 bridgehead atoms. The highest BCUT2D eigenvalue weighted by Gasteiger charge is 2.23. The molecule has 2 rings (SSSR count). The van der Waals surface area contributed by atoms with E-state index in [2.05, 4.69) is 11.9 Å². The first-order chi connectivity index (χ1) is 10.9. The summed E-state index contributed by atoms with van der Waals surface area (Å²) in [5.41, 5.74) is 0.678. The van der Waals surface area contributed by atoms with Gasteiger partial charge in [0.2, 0.25) is 15.9 Å². The number of hydrogen-bond donors (Lipinski definition) is 0. The van der Waals surface area contributed by atoms with Crippen molar-refractivity contribution in [1.82, 2.24) is 14.2 Å². The van der Waals surface area contributed by atoms with Crippen molar-refractivity contribution in [3.8, 4) is 0 Å². The van der Waals surface area contributed by atoms with Crippen LogP contribution in [0.5, 0.6) is 0 Å². The minimum absolute atomic E-state index is 0.0339. The summed E-state index contributed by atoms with van der Waals surface area (Å²) in [4.78, 5) is 18.3. The average molecular weight is 339 g/mol. The summed E-state index contributed by atoms with van der Waals surface area (Å²) in [6, 6.07) is 5.39. The first-order valence-electron chi connectivity index (χ1n) is 7.99. The van der Waals surface area contributed by atoms with Gasteiger partial charge in [-0.25, -0.2) is 8.42 Å². The number of piperidine rings is 1. The van der Waals surface area contributed by atoms with Crippen LogP contribution >= 0.6 is 0 Å². The van der Waals surface area contributed by atoms with Crippen LogP contribution in [0.15, 0.2) is 24.4 Å². The normalized spacial score (nSPS) is 16.7. The Morgan fingerprint density at radius 2 is 2.04 bits per heavy atom. The summed E-state index contributed by atoms with van der Waals surface area (Å²) in [7, 11) is -3.38. The quantitative estimate of drug-likeness (QED) is 0.787. The maximum atomic E-state index is 12.3. The Morgan fingerprint density at radius 3 is 2.61 bits per heavy atom. The Hall–Kier alpha value is -1.47. The molecule has 2 heterocycles. The van der Waals surface area contributed by atoms with Crippen LogP contribution in [0.4, 0.5) is 0 Å². The maximum Gasteiger partial charge on any atom is 0.223 e. The van der Waals surface area contributed by atoms with E-state index in [1.807, 2.05) is 11.0 Å². The molecule has 128 valence electrons. The second kappa shape index (κ2) is 7.88. The standard InChI is InChI=1S/C16H25N3O3S/c1-14-6-10-18(11-7-14)16(20)8-12-19(23(2,21)22)13-15-5-3-4-9-17-15/h3-5,9,14H,6-8,10-13H2,1-2H3. The lowest BCUT2D eigenvalue weighted by Gasteiger charge is -2.31. The summed E-state index contributed by atoms with van der Waals surface area (Å²) in [6.45, 7) is 4.14. The highest BCUT2D eigenvalue weighted by atomic mass is 32.2. The van der Waals surface area contributed by atoms with Gasteiger partial charge in [-0.3, -0.25) is 9.78 Å². The number of nitrogens with zero attached hydrogens (tertiary/aromatic N) is 3. The van der Waals surface area contributed by atoms with Gasteiger partial charge in [0, 0.05) is 32.3 Å². The minimum atomic E-state index is -3.38. The van der Waals surface area contributed by atoms with Crippen molar-refractivity contribution in [2.75, 3.05) is 25.9 Å². The first kappa shape index (κ1) is 17.9. The van der Waals surface area contributed by atoms with Gasteiger partial charge < -0.3 is 4.90 Å². The average Bonchev–Trinajstić information content (AvgIpc) is 2.51. The van der Waals surface area contributed by atoms with Gasteiger partial charge in [-0.15, -0.1) is 0 Å². The Morgan fingerprint density at radius 1 is 1.35 bits per heavy atom. The van der Waals surface area contributed by atoms with Gasteiger partial charge in [-0.05, 0) is 30.9 Å². The molecule has 0 radical (unpaired) electrons. The molecule has 1 amide bonds. The smallest absolute Gasteiger partial charge is 0.223 e. The van der Waals surface area contributed by atoms with Gasteiger partial charge >= 0.3 is 0 Å². The van der Waals surface area contributed by atoms with Crippen molar-refractivity contribution in [2.24, 2.45) is 5.92 Å². The van der Waals surface area contributed by atoms with E-state index in [0.717, 1.165) is 25.9 Å². The monoisotopic (exact) mass is 339 g/mol. The Balaban J connectivity index is 1.92. The van der Waals surface area contributed by atoms with Crippen LogP contribution in [0.25, 0.3) is 0 Å². The highest BCUT2D eigenvalue weighted by molar-refractivity contribution is 7.88. The van der Waals surface area contributed by atoms with Gasteiger partial charge in [0.15, 0.2) is 0 Å². The molecular weight excluding hydrogens is 314 g/mol. The van der Waals surface area contributed by atoms with Crippen LogP contribution in [0.1, 0.15) is 31.9 Å². The van der Waals surface area contributed by atoms with Gasteiger partial charge in [-0.2, -0.15) is 4.31 Å². The number of carbonyl (C=O) groups excluding carboxylic acids is 1. The number of rotatable bonds is 6. The molecule has 1 aromatic heterocycles. The van der Waals surface area contributed by atoms with Crippen LogP contribution in [0, 0.1) is 5.92 Å². The lowest BCUT2D eigenvalue weighted by Crippen LogP contribution is -2.40. The molecule has 0 unspecified atom stereocenters. The molecule has 0 N–H and O–H groups in total. The molecule has 7 heteroatoms. The van der Waals surface area contributed by atoms with Crippen LogP contribution in [-0.4, -0.2) is 54.4 Å². The number of sulfonamides is 1. The van der Waals surface area contributed by atoms with Gasteiger partial charge in [-0.1, -0.05) is 13.0 Å². The summed E-state index contributed by atoms with van der Waals surface area (Å²) < 4.78 is 25.2. The minimum Gasteiger partial charge on any atom is -0.343 e. The zero-order valence-electron chi connectivity index (χ0n) is 13.8. The van der Waals surface area contributed by atoms with Crippen molar-refractivity contribution in [3.05, 3.63) is 30.1 Å². The molecule has 0 atom stereocenters. The Bertz CT molecular complexity index is 611. The van der Waals surface area contributed by atoms with E-state index in [9.17, 15) is 13.2 Å². The second-order valence-electron chi connectivity index (χ2n) is 6.23. The van der Waals surface area contributed by atoms with E-state index in [1.165, 1.54) is 10.6 Å². The maximum absolute atomic E-state index is 12.3. The molecular formula is C16H25N3O3S. The highest BCUT2D eigenvalue weighted by Crippen LogP contribution is 2.17. The SMILES string of the molecule is CC1CCN(C(=O)CCN(Cc2ccccn2)S(C)(=O)=O)CC1. The molecule has 0 aromatic carbocycles. The van der Waals surface area contributed by atoms with E-state index < -0.39 is 10.0 Å².